The molecule has 0 radical (unpaired) electrons. The number of hydrogen-bond donors (Lipinski definition) is 3. The van der Waals surface area contributed by atoms with E-state index >= 15 is 0 Å². The Morgan fingerprint density at radius 2 is 1.77 bits per heavy atom. The van der Waals surface area contributed by atoms with E-state index in [4.69, 9.17) is 0 Å². The molecule has 1 unspecified atom stereocenters. The van der Waals surface area contributed by atoms with Crippen LogP contribution in [0.4, 0.5) is 5.69 Å². The molecule has 1 aromatic heterocycles. The molecular formula is C22H18N2O5S2. The molecule has 0 amide bonds. The average molecular weight is 455 g/mol. The van der Waals surface area contributed by atoms with Crippen molar-refractivity contribution in [3.63, 3.8) is 0 Å². The number of hydrogen-bond acceptors (Lipinski definition) is 6. The Morgan fingerprint density at radius 1 is 1.06 bits per heavy atom. The number of anilines is 1. The van der Waals surface area contributed by atoms with Crippen molar-refractivity contribution in [1.82, 2.24) is 4.98 Å². The molecule has 0 bridgehead atoms. The van der Waals surface area contributed by atoms with Crippen molar-refractivity contribution in [2.75, 3.05) is 4.72 Å². The highest BCUT2D eigenvalue weighted by Gasteiger charge is 2.22. The number of aromatic nitrogens is 1. The summed E-state index contributed by atoms with van der Waals surface area (Å²) in [6.07, 6.45) is 1.53. The normalized spacial score (nSPS) is 12.7. The summed E-state index contributed by atoms with van der Waals surface area (Å²) in [6.45, 7) is 1.49. The predicted octanol–water partition coefficient (Wildman–Crippen LogP) is 4.46. The standard InChI is InChI=1S/C22H18N2O5S2/c1-13(22(26)27)30-18-12-17(15-8-2-3-9-16(15)21(18)25)24-31(28,29)19-10-4-6-14-7-5-11-23-20(14)19/h2-13,24-25H,1H3,(H,26,27). The molecular weight excluding hydrogens is 436 g/mol. The minimum Gasteiger partial charge on any atom is -0.506 e. The average Bonchev–Trinajstić information content (AvgIpc) is 2.76. The van der Waals surface area contributed by atoms with E-state index in [1.807, 2.05) is 0 Å². The van der Waals surface area contributed by atoms with Crippen molar-refractivity contribution in [3.05, 3.63) is 66.9 Å². The van der Waals surface area contributed by atoms with Crippen molar-refractivity contribution < 1.29 is 23.4 Å². The molecule has 4 aromatic rings. The van der Waals surface area contributed by atoms with Crippen molar-refractivity contribution in [3.8, 4) is 5.75 Å². The van der Waals surface area contributed by atoms with Gasteiger partial charge in [0.05, 0.1) is 16.1 Å². The SMILES string of the molecule is CC(Sc1cc(NS(=O)(=O)c2cccc3cccnc23)c2ccccc2c1O)C(=O)O. The number of fused-ring (bicyclic) bond motifs is 2. The van der Waals surface area contributed by atoms with Gasteiger partial charge in [-0.05, 0) is 25.1 Å². The number of aliphatic carboxylic acids is 1. The Kier molecular flexibility index (Phi) is 5.47. The van der Waals surface area contributed by atoms with Gasteiger partial charge in [0.1, 0.15) is 15.9 Å². The Labute approximate surface area is 182 Å². The number of phenolic OH excluding ortho intramolecular Hbond substituents is 1. The summed E-state index contributed by atoms with van der Waals surface area (Å²) in [7, 11) is -4.03. The summed E-state index contributed by atoms with van der Waals surface area (Å²) >= 11 is 0.935. The third-order valence-corrected chi connectivity index (χ3v) is 7.28. The van der Waals surface area contributed by atoms with Gasteiger partial charge in [-0.1, -0.05) is 42.5 Å². The number of sulfonamides is 1. The first-order chi connectivity index (χ1) is 14.8. The first-order valence-corrected chi connectivity index (χ1v) is 11.6. The molecule has 158 valence electrons. The number of nitrogens with one attached hydrogen (secondary N) is 1. The molecule has 3 aromatic carbocycles. The van der Waals surface area contributed by atoms with Gasteiger partial charge in [0.25, 0.3) is 10.0 Å². The number of carboxylic acids is 1. The number of benzene rings is 3. The van der Waals surface area contributed by atoms with E-state index in [-0.39, 0.29) is 21.2 Å². The van der Waals surface area contributed by atoms with E-state index in [9.17, 15) is 23.4 Å². The second-order valence-corrected chi connectivity index (χ2v) is 9.89. The molecule has 0 fully saturated rings. The van der Waals surface area contributed by atoms with Crippen LogP contribution in [-0.4, -0.2) is 34.8 Å². The third kappa shape index (κ3) is 4.01. The zero-order valence-corrected chi connectivity index (χ0v) is 17.9. The van der Waals surface area contributed by atoms with E-state index in [1.54, 1.807) is 48.5 Å². The molecule has 7 nitrogen and oxygen atoms in total. The van der Waals surface area contributed by atoms with E-state index in [2.05, 4.69) is 9.71 Å². The molecule has 1 heterocycles. The van der Waals surface area contributed by atoms with Gasteiger partial charge in [-0.3, -0.25) is 14.5 Å². The summed E-state index contributed by atoms with van der Waals surface area (Å²) in [5.41, 5.74) is 0.580. The summed E-state index contributed by atoms with van der Waals surface area (Å²) in [4.78, 5) is 15.8. The highest BCUT2D eigenvalue weighted by molar-refractivity contribution is 8.00. The molecule has 31 heavy (non-hydrogen) atoms. The van der Waals surface area contributed by atoms with Gasteiger partial charge >= 0.3 is 5.97 Å². The largest absolute Gasteiger partial charge is 0.506 e. The quantitative estimate of drug-likeness (QED) is 0.291. The molecule has 3 N–H and O–H groups in total. The van der Waals surface area contributed by atoms with Crippen LogP contribution >= 0.6 is 11.8 Å². The Balaban J connectivity index is 1.85. The van der Waals surface area contributed by atoms with Crippen LogP contribution in [0.3, 0.4) is 0 Å². The van der Waals surface area contributed by atoms with E-state index in [0.29, 0.717) is 21.7 Å². The highest BCUT2D eigenvalue weighted by atomic mass is 32.2. The number of rotatable bonds is 6. The summed E-state index contributed by atoms with van der Waals surface area (Å²) < 4.78 is 29.1. The van der Waals surface area contributed by atoms with E-state index < -0.39 is 21.2 Å². The lowest BCUT2D eigenvalue weighted by Gasteiger charge is -2.16. The molecule has 0 saturated heterocycles. The molecule has 4 rings (SSSR count). The van der Waals surface area contributed by atoms with Crippen LogP contribution in [0.15, 0.2) is 76.7 Å². The summed E-state index contributed by atoms with van der Waals surface area (Å²) in [5.74, 6) is -1.13. The first-order valence-electron chi connectivity index (χ1n) is 9.28. The van der Waals surface area contributed by atoms with Gasteiger partial charge in [-0.25, -0.2) is 8.42 Å². The maximum atomic E-state index is 13.3. The lowest BCUT2D eigenvalue weighted by Crippen LogP contribution is -2.14. The summed E-state index contributed by atoms with van der Waals surface area (Å²) in [5, 5.41) is 20.7. The number of aromatic hydroxyl groups is 1. The van der Waals surface area contributed by atoms with Crippen LogP contribution in [0.5, 0.6) is 5.75 Å². The Morgan fingerprint density at radius 3 is 2.52 bits per heavy atom. The fourth-order valence-corrected chi connectivity index (χ4v) is 5.38. The van der Waals surface area contributed by atoms with Crippen molar-refractivity contribution in [2.45, 2.75) is 22.0 Å². The van der Waals surface area contributed by atoms with Crippen molar-refractivity contribution in [2.24, 2.45) is 0 Å². The topological polar surface area (TPSA) is 117 Å². The predicted molar refractivity (Wildman–Crippen MR) is 121 cm³/mol. The number of nitrogens with zero attached hydrogens (tertiary/aromatic N) is 1. The minimum absolute atomic E-state index is 0.0239. The number of carbonyl (C=O) groups is 1. The van der Waals surface area contributed by atoms with Crippen molar-refractivity contribution in [1.29, 1.82) is 0 Å². The van der Waals surface area contributed by atoms with E-state index in [0.717, 1.165) is 11.8 Å². The Hall–Kier alpha value is -3.30. The van der Waals surface area contributed by atoms with Crippen LogP contribution in [0.1, 0.15) is 6.92 Å². The second-order valence-electron chi connectivity index (χ2n) is 6.85. The van der Waals surface area contributed by atoms with Gasteiger partial charge in [0.2, 0.25) is 0 Å². The lowest BCUT2D eigenvalue weighted by atomic mass is 10.1. The molecule has 0 saturated carbocycles. The highest BCUT2D eigenvalue weighted by Crippen LogP contribution is 2.42. The molecule has 0 spiro atoms. The van der Waals surface area contributed by atoms with Crippen molar-refractivity contribution >= 4 is 55.1 Å². The fourth-order valence-electron chi connectivity index (χ4n) is 3.24. The third-order valence-electron chi connectivity index (χ3n) is 4.76. The number of phenols is 1. The van der Waals surface area contributed by atoms with Crippen LogP contribution in [-0.2, 0) is 14.8 Å². The maximum absolute atomic E-state index is 13.3. The zero-order chi connectivity index (χ0) is 22.2. The van der Waals surface area contributed by atoms with E-state index in [1.165, 1.54) is 25.3 Å². The monoisotopic (exact) mass is 454 g/mol. The van der Waals surface area contributed by atoms with Crippen LogP contribution < -0.4 is 4.72 Å². The zero-order valence-electron chi connectivity index (χ0n) is 16.3. The minimum atomic E-state index is -4.03. The van der Waals surface area contributed by atoms with Gasteiger partial charge < -0.3 is 10.2 Å². The fraction of sp³-hybridized carbons (Fsp3) is 0.0909. The number of thioether (sulfide) groups is 1. The number of carboxylic acid groups (broad SMARTS) is 1. The maximum Gasteiger partial charge on any atom is 0.316 e. The van der Waals surface area contributed by atoms with Gasteiger partial charge in [0, 0.05) is 22.4 Å². The molecule has 0 aliphatic heterocycles. The molecule has 9 heteroatoms. The smallest absolute Gasteiger partial charge is 0.316 e. The molecule has 0 aliphatic carbocycles. The molecule has 1 atom stereocenters. The number of pyridine rings is 1. The van der Waals surface area contributed by atoms with Gasteiger partial charge in [-0.15, -0.1) is 11.8 Å². The van der Waals surface area contributed by atoms with Crippen LogP contribution in [0.25, 0.3) is 21.7 Å². The van der Waals surface area contributed by atoms with Crippen LogP contribution in [0.2, 0.25) is 0 Å². The van der Waals surface area contributed by atoms with Gasteiger partial charge in [0.15, 0.2) is 0 Å². The Bertz CT molecular complexity index is 1420. The molecule has 0 aliphatic rings. The first kappa shape index (κ1) is 21.0. The second kappa shape index (κ2) is 8.09. The lowest BCUT2D eigenvalue weighted by molar-refractivity contribution is -0.136. The summed E-state index contributed by atoms with van der Waals surface area (Å²) in [6, 6.07) is 16.6. The van der Waals surface area contributed by atoms with Crippen LogP contribution in [0, 0.1) is 0 Å². The van der Waals surface area contributed by atoms with Gasteiger partial charge in [-0.2, -0.15) is 0 Å². The number of para-hydroxylation sites is 1.